The normalized spacial score (nSPS) is 12.2. The maximum atomic E-state index is 9.29. The van der Waals surface area contributed by atoms with Gasteiger partial charge in [0.25, 0.3) is 0 Å². The second kappa shape index (κ2) is 9.50. The molecule has 2 aromatic carbocycles. The van der Waals surface area contributed by atoms with Crippen molar-refractivity contribution in [1.82, 2.24) is 5.32 Å². The van der Waals surface area contributed by atoms with Crippen molar-refractivity contribution in [2.75, 3.05) is 6.61 Å². The molecule has 0 radical (unpaired) electrons. The van der Waals surface area contributed by atoms with Crippen molar-refractivity contribution in [2.45, 2.75) is 32.5 Å². The second-order valence-electron chi connectivity index (χ2n) is 5.45. The predicted octanol–water partition coefficient (Wildman–Crippen LogP) is 5.09. The lowest BCUT2D eigenvalue weighted by Gasteiger charge is -2.17. The lowest BCUT2D eigenvalue weighted by Crippen LogP contribution is -2.31. The van der Waals surface area contributed by atoms with Gasteiger partial charge in [-0.05, 0) is 36.8 Å². The fourth-order valence-corrected chi connectivity index (χ4v) is 2.87. The summed E-state index contributed by atoms with van der Waals surface area (Å²) < 4.78 is 5.91. The Labute approximate surface area is 157 Å². The van der Waals surface area contributed by atoms with Crippen molar-refractivity contribution < 1.29 is 9.84 Å². The zero-order valence-electron chi connectivity index (χ0n) is 13.4. The highest BCUT2D eigenvalue weighted by Crippen LogP contribution is 2.26. The molecule has 1 unspecified atom stereocenters. The molecule has 2 aromatic rings. The fraction of sp³-hybridized carbons (Fsp3) is 0.333. The van der Waals surface area contributed by atoms with E-state index in [9.17, 15) is 5.11 Å². The smallest absolute Gasteiger partial charge is 0.124 e. The number of rotatable bonds is 8. The first kappa shape index (κ1) is 19.4. The van der Waals surface area contributed by atoms with E-state index in [-0.39, 0.29) is 12.6 Å². The van der Waals surface area contributed by atoms with E-state index in [1.54, 1.807) is 18.2 Å². The molecule has 0 aliphatic heterocycles. The third-order valence-electron chi connectivity index (χ3n) is 3.72. The lowest BCUT2D eigenvalue weighted by molar-refractivity contribution is 0.237. The summed E-state index contributed by atoms with van der Waals surface area (Å²) in [7, 11) is 0. The van der Waals surface area contributed by atoms with Crippen LogP contribution in [0.15, 0.2) is 36.4 Å². The van der Waals surface area contributed by atoms with Crippen LogP contribution >= 0.6 is 34.8 Å². The van der Waals surface area contributed by atoms with Crippen LogP contribution in [0.25, 0.3) is 0 Å². The minimum absolute atomic E-state index is 0.0440. The summed E-state index contributed by atoms with van der Waals surface area (Å²) in [5.41, 5.74) is 1.79. The molecule has 0 heterocycles. The first-order valence-electron chi connectivity index (χ1n) is 7.72. The first-order valence-corrected chi connectivity index (χ1v) is 8.86. The highest BCUT2D eigenvalue weighted by molar-refractivity contribution is 6.35. The van der Waals surface area contributed by atoms with Crippen LogP contribution in [0.4, 0.5) is 0 Å². The molecule has 1 atom stereocenters. The Balaban J connectivity index is 2.08. The van der Waals surface area contributed by atoms with Gasteiger partial charge in [0.1, 0.15) is 12.4 Å². The Morgan fingerprint density at radius 2 is 1.75 bits per heavy atom. The molecular weight excluding hydrogens is 369 g/mol. The van der Waals surface area contributed by atoms with Gasteiger partial charge in [-0.3, -0.25) is 0 Å². The zero-order chi connectivity index (χ0) is 17.5. The van der Waals surface area contributed by atoms with Gasteiger partial charge in [0, 0.05) is 38.8 Å². The van der Waals surface area contributed by atoms with Crippen molar-refractivity contribution in [3.8, 4) is 5.75 Å². The molecule has 130 valence electrons. The monoisotopic (exact) mass is 387 g/mol. The molecular formula is C18H20Cl3NO2. The first-order chi connectivity index (χ1) is 11.5. The van der Waals surface area contributed by atoms with Crippen LogP contribution in [-0.2, 0) is 13.2 Å². The Bertz CT molecular complexity index is 675. The van der Waals surface area contributed by atoms with Crippen LogP contribution in [-0.4, -0.2) is 17.8 Å². The van der Waals surface area contributed by atoms with Crippen LogP contribution < -0.4 is 10.1 Å². The van der Waals surface area contributed by atoms with E-state index in [1.807, 2.05) is 25.1 Å². The van der Waals surface area contributed by atoms with Crippen molar-refractivity contribution in [1.29, 1.82) is 0 Å². The minimum Gasteiger partial charge on any atom is -0.489 e. The van der Waals surface area contributed by atoms with Gasteiger partial charge in [0.15, 0.2) is 0 Å². The molecule has 0 spiro atoms. The Morgan fingerprint density at radius 1 is 1.04 bits per heavy atom. The number of hydrogen-bond donors (Lipinski definition) is 2. The predicted molar refractivity (Wildman–Crippen MR) is 100 cm³/mol. The van der Waals surface area contributed by atoms with Gasteiger partial charge in [0.2, 0.25) is 0 Å². The number of aliphatic hydroxyl groups excluding tert-OH is 1. The summed E-state index contributed by atoms with van der Waals surface area (Å²) in [6, 6.07) is 10.8. The van der Waals surface area contributed by atoms with Gasteiger partial charge in [-0.25, -0.2) is 0 Å². The summed E-state index contributed by atoms with van der Waals surface area (Å²) in [6.45, 7) is 3.00. The number of benzene rings is 2. The van der Waals surface area contributed by atoms with Crippen LogP contribution in [0.2, 0.25) is 15.1 Å². The molecule has 24 heavy (non-hydrogen) atoms. The van der Waals surface area contributed by atoms with E-state index in [4.69, 9.17) is 39.5 Å². The third-order valence-corrected chi connectivity index (χ3v) is 4.54. The average Bonchev–Trinajstić information content (AvgIpc) is 2.56. The molecule has 3 nitrogen and oxygen atoms in total. The van der Waals surface area contributed by atoms with Gasteiger partial charge < -0.3 is 15.2 Å². The van der Waals surface area contributed by atoms with Gasteiger partial charge in [-0.15, -0.1) is 0 Å². The number of nitrogens with one attached hydrogen (secondary N) is 1. The van der Waals surface area contributed by atoms with Gasteiger partial charge in [-0.1, -0.05) is 47.8 Å². The summed E-state index contributed by atoms with van der Waals surface area (Å²) in [4.78, 5) is 0. The number of hydrogen-bond acceptors (Lipinski definition) is 3. The molecule has 0 aliphatic rings. The summed E-state index contributed by atoms with van der Waals surface area (Å²) in [6.07, 6.45) is 0.841. The van der Waals surface area contributed by atoms with Crippen molar-refractivity contribution in [2.24, 2.45) is 0 Å². The number of aliphatic hydroxyl groups is 1. The Hall–Kier alpha value is -0.970. The average molecular weight is 389 g/mol. The standard InChI is InChI=1S/C18H20Cl3NO2/c1-2-16(10-23)22-9-13-7-14(19)5-6-18(13)24-11-12-3-4-15(20)8-17(12)21/h3-8,16,22-23H,2,9-11H2,1H3. The SMILES string of the molecule is CCC(CO)NCc1cc(Cl)ccc1OCc1ccc(Cl)cc1Cl. The summed E-state index contributed by atoms with van der Waals surface area (Å²) in [5, 5.41) is 14.4. The van der Waals surface area contributed by atoms with E-state index in [0.717, 1.165) is 23.3 Å². The minimum atomic E-state index is 0.0440. The Morgan fingerprint density at radius 3 is 2.42 bits per heavy atom. The molecule has 0 saturated carbocycles. The lowest BCUT2D eigenvalue weighted by atomic mass is 10.1. The van der Waals surface area contributed by atoms with Crippen LogP contribution in [0.1, 0.15) is 24.5 Å². The van der Waals surface area contributed by atoms with E-state index >= 15 is 0 Å². The Kier molecular flexibility index (Phi) is 7.66. The second-order valence-corrected chi connectivity index (χ2v) is 6.73. The molecule has 0 fully saturated rings. The molecule has 0 bridgehead atoms. The summed E-state index contributed by atoms with van der Waals surface area (Å²) in [5.74, 6) is 0.728. The zero-order valence-corrected chi connectivity index (χ0v) is 15.6. The third kappa shape index (κ3) is 5.54. The number of halogens is 3. The van der Waals surface area contributed by atoms with Gasteiger partial charge in [0.05, 0.1) is 6.61 Å². The van der Waals surface area contributed by atoms with Crippen LogP contribution in [0, 0.1) is 0 Å². The maximum absolute atomic E-state index is 9.29. The van der Waals surface area contributed by atoms with E-state index in [0.29, 0.717) is 28.2 Å². The molecule has 0 aromatic heterocycles. The highest BCUT2D eigenvalue weighted by Gasteiger charge is 2.10. The molecule has 0 amide bonds. The van der Waals surface area contributed by atoms with Crippen LogP contribution in [0.3, 0.4) is 0 Å². The molecule has 6 heteroatoms. The quantitative estimate of drug-likeness (QED) is 0.662. The topological polar surface area (TPSA) is 41.5 Å². The van der Waals surface area contributed by atoms with Gasteiger partial charge in [-0.2, -0.15) is 0 Å². The van der Waals surface area contributed by atoms with Crippen molar-refractivity contribution >= 4 is 34.8 Å². The van der Waals surface area contributed by atoms with E-state index < -0.39 is 0 Å². The number of ether oxygens (including phenoxy) is 1. The fourth-order valence-electron chi connectivity index (χ4n) is 2.21. The largest absolute Gasteiger partial charge is 0.489 e. The maximum Gasteiger partial charge on any atom is 0.124 e. The van der Waals surface area contributed by atoms with Crippen LogP contribution in [0.5, 0.6) is 5.75 Å². The van der Waals surface area contributed by atoms with Crippen molar-refractivity contribution in [3.63, 3.8) is 0 Å². The van der Waals surface area contributed by atoms with Gasteiger partial charge >= 0.3 is 0 Å². The van der Waals surface area contributed by atoms with Crippen molar-refractivity contribution in [3.05, 3.63) is 62.6 Å². The van der Waals surface area contributed by atoms with E-state index in [2.05, 4.69) is 5.32 Å². The summed E-state index contributed by atoms with van der Waals surface area (Å²) >= 11 is 18.2. The molecule has 0 aliphatic carbocycles. The highest BCUT2D eigenvalue weighted by atomic mass is 35.5. The molecule has 2 rings (SSSR count). The molecule has 2 N–H and O–H groups in total. The molecule has 0 saturated heterocycles. The van der Waals surface area contributed by atoms with E-state index in [1.165, 1.54) is 0 Å².